The first kappa shape index (κ1) is 12.2. The Labute approximate surface area is 91.9 Å². The van der Waals surface area contributed by atoms with Crippen LogP contribution in [0.5, 0.6) is 0 Å². The van der Waals surface area contributed by atoms with E-state index in [-0.39, 0.29) is 0 Å². The van der Waals surface area contributed by atoms with Crippen LogP contribution < -0.4 is 5.73 Å². The van der Waals surface area contributed by atoms with Crippen LogP contribution in [0.2, 0.25) is 0 Å². The van der Waals surface area contributed by atoms with Crippen molar-refractivity contribution >= 4 is 9.73 Å². The number of rotatable bonds is 4. The topological polar surface area (TPSA) is 55.5 Å². The van der Waals surface area contributed by atoms with Crippen LogP contribution in [0.15, 0.2) is 28.6 Å². The third kappa shape index (κ3) is 3.64. The zero-order valence-corrected chi connectivity index (χ0v) is 10.1. The van der Waals surface area contributed by atoms with Crippen LogP contribution in [0.25, 0.3) is 0 Å². The van der Waals surface area contributed by atoms with E-state index in [4.69, 9.17) is 5.73 Å². The normalized spacial score (nSPS) is 14.6. The molecule has 0 amide bonds. The first-order chi connectivity index (χ1) is 7.09. The minimum absolute atomic E-state index is 0.419. The molecule has 3 nitrogen and oxygen atoms in total. The van der Waals surface area contributed by atoms with E-state index in [0.717, 1.165) is 5.56 Å². The molecule has 0 bridgehead atoms. The van der Waals surface area contributed by atoms with Crippen LogP contribution >= 0.6 is 0 Å². The Kier molecular flexibility index (Phi) is 4.29. The molecule has 0 spiro atoms. The van der Waals surface area contributed by atoms with E-state index in [2.05, 4.69) is 4.36 Å². The Bertz CT molecular complexity index is 417. The minimum Gasteiger partial charge on any atom is -0.330 e. The summed E-state index contributed by atoms with van der Waals surface area (Å²) >= 11 is 0. The van der Waals surface area contributed by atoms with Crippen LogP contribution in [0.1, 0.15) is 11.1 Å². The second kappa shape index (κ2) is 5.28. The van der Waals surface area contributed by atoms with Gasteiger partial charge in [-0.1, -0.05) is 29.8 Å². The number of hydrogen-bond donors (Lipinski definition) is 1. The van der Waals surface area contributed by atoms with E-state index < -0.39 is 9.73 Å². The number of hydrogen-bond acceptors (Lipinski definition) is 3. The summed E-state index contributed by atoms with van der Waals surface area (Å²) in [5.41, 5.74) is 7.69. The maximum Gasteiger partial charge on any atom is 0.0568 e. The maximum atomic E-state index is 12.2. The monoisotopic (exact) mass is 226 g/mol. The minimum atomic E-state index is -2.14. The summed E-state index contributed by atoms with van der Waals surface area (Å²) in [6.07, 6.45) is 0. The molecule has 0 aliphatic heterocycles. The van der Waals surface area contributed by atoms with E-state index in [1.165, 1.54) is 5.56 Å². The van der Waals surface area contributed by atoms with Gasteiger partial charge in [-0.05, 0) is 12.5 Å². The highest BCUT2D eigenvalue weighted by Crippen LogP contribution is 2.09. The summed E-state index contributed by atoms with van der Waals surface area (Å²) in [6.45, 7) is 2.45. The Morgan fingerprint density at radius 3 is 2.40 bits per heavy atom. The molecule has 0 fully saturated rings. The van der Waals surface area contributed by atoms with E-state index in [1.807, 2.05) is 31.2 Å². The van der Waals surface area contributed by atoms with Crippen LogP contribution in [-0.2, 0) is 15.5 Å². The lowest BCUT2D eigenvalue weighted by atomic mass is 10.2. The van der Waals surface area contributed by atoms with Gasteiger partial charge in [0, 0.05) is 19.3 Å². The predicted molar refractivity (Wildman–Crippen MR) is 65.3 cm³/mol. The van der Waals surface area contributed by atoms with Gasteiger partial charge in [0.15, 0.2) is 0 Å². The van der Waals surface area contributed by atoms with Gasteiger partial charge in [-0.15, -0.1) is 0 Å². The predicted octanol–water partition coefficient (Wildman–Crippen LogP) is 1.55. The molecule has 0 aliphatic rings. The highest BCUT2D eigenvalue weighted by molar-refractivity contribution is 7.92. The zero-order valence-electron chi connectivity index (χ0n) is 9.27. The fourth-order valence-corrected chi connectivity index (χ4v) is 2.89. The molecular weight excluding hydrogens is 208 g/mol. The van der Waals surface area contributed by atoms with Crippen LogP contribution in [0.3, 0.4) is 0 Å². The molecule has 0 heterocycles. The number of aryl methyl sites for hydroxylation is 1. The second-order valence-corrected chi connectivity index (χ2v) is 6.19. The lowest BCUT2D eigenvalue weighted by molar-refractivity contribution is 0.675. The van der Waals surface area contributed by atoms with Gasteiger partial charge in [0.2, 0.25) is 0 Å². The molecule has 1 aromatic rings. The van der Waals surface area contributed by atoms with Crippen LogP contribution in [0.4, 0.5) is 0 Å². The summed E-state index contributed by atoms with van der Waals surface area (Å²) in [5.74, 6) is 0.971. The maximum absolute atomic E-state index is 12.2. The average Bonchev–Trinajstić information content (AvgIpc) is 2.22. The van der Waals surface area contributed by atoms with Crippen molar-refractivity contribution in [2.75, 3.05) is 19.3 Å². The fourth-order valence-electron chi connectivity index (χ4n) is 1.36. The molecule has 1 unspecified atom stereocenters. The highest BCUT2D eigenvalue weighted by atomic mass is 32.2. The molecule has 15 heavy (non-hydrogen) atoms. The van der Waals surface area contributed by atoms with Crippen LogP contribution in [0, 0.1) is 6.92 Å². The van der Waals surface area contributed by atoms with Gasteiger partial charge >= 0.3 is 0 Å². The quantitative estimate of drug-likeness (QED) is 0.847. The van der Waals surface area contributed by atoms with Gasteiger partial charge < -0.3 is 5.73 Å². The molecule has 1 rings (SSSR count). The second-order valence-electron chi connectivity index (χ2n) is 3.58. The largest absolute Gasteiger partial charge is 0.330 e. The van der Waals surface area contributed by atoms with Crippen molar-refractivity contribution < 1.29 is 4.21 Å². The molecule has 1 atom stereocenters. The fraction of sp³-hybridized carbons (Fsp3) is 0.455. The molecule has 4 heteroatoms. The molecule has 2 N–H and O–H groups in total. The zero-order chi connectivity index (χ0) is 11.3. The molecule has 0 radical (unpaired) electrons. The molecule has 84 valence electrons. The van der Waals surface area contributed by atoms with Gasteiger partial charge in [-0.2, -0.15) is 0 Å². The van der Waals surface area contributed by atoms with Crippen LogP contribution in [-0.4, -0.2) is 23.6 Å². The van der Waals surface area contributed by atoms with Crippen molar-refractivity contribution in [3.05, 3.63) is 35.4 Å². The van der Waals surface area contributed by atoms with Gasteiger partial charge in [0.1, 0.15) is 0 Å². The van der Waals surface area contributed by atoms with Crippen molar-refractivity contribution in [3.8, 4) is 0 Å². The molecule has 0 saturated heterocycles. The third-order valence-electron chi connectivity index (χ3n) is 2.28. The Hall–Kier alpha value is -0.870. The van der Waals surface area contributed by atoms with E-state index in [0.29, 0.717) is 18.1 Å². The third-order valence-corrected chi connectivity index (χ3v) is 4.61. The standard InChI is InChI=1S/C11H18N2OS/c1-10-3-5-11(6-4-10)9-15(14,13-2)8-7-12/h3-6H,7-9,12H2,1-2H3. The number of nitrogens with zero attached hydrogens (tertiary/aromatic N) is 1. The number of nitrogens with two attached hydrogens (primary N) is 1. The summed E-state index contributed by atoms with van der Waals surface area (Å²) < 4.78 is 16.1. The Morgan fingerprint density at radius 1 is 1.33 bits per heavy atom. The molecule has 0 aliphatic carbocycles. The van der Waals surface area contributed by atoms with Crippen molar-refractivity contribution in [1.29, 1.82) is 0 Å². The van der Waals surface area contributed by atoms with Gasteiger partial charge in [-0.3, -0.25) is 0 Å². The highest BCUT2D eigenvalue weighted by Gasteiger charge is 2.07. The molecule has 1 aromatic carbocycles. The van der Waals surface area contributed by atoms with Gasteiger partial charge in [-0.25, -0.2) is 8.57 Å². The first-order valence-electron chi connectivity index (χ1n) is 4.96. The van der Waals surface area contributed by atoms with E-state index >= 15 is 0 Å². The number of benzene rings is 1. The van der Waals surface area contributed by atoms with Crippen molar-refractivity contribution in [3.63, 3.8) is 0 Å². The van der Waals surface area contributed by atoms with Crippen molar-refractivity contribution in [1.82, 2.24) is 0 Å². The SMILES string of the molecule is CN=S(=O)(CCN)Cc1ccc(C)cc1. The lowest BCUT2D eigenvalue weighted by Crippen LogP contribution is -2.17. The summed E-state index contributed by atoms with van der Waals surface area (Å²) in [6, 6.07) is 8.04. The average molecular weight is 226 g/mol. The van der Waals surface area contributed by atoms with E-state index in [9.17, 15) is 4.21 Å². The smallest absolute Gasteiger partial charge is 0.0568 e. The Balaban J connectivity index is 2.85. The molecule has 0 saturated carbocycles. The molecular formula is C11H18N2OS. The van der Waals surface area contributed by atoms with E-state index in [1.54, 1.807) is 7.05 Å². The van der Waals surface area contributed by atoms with Crippen molar-refractivity contribution in [2.45, 2.75) is 12.7 Å². The Morgan fingerprint density at radius 2 is 1.93 bits per heavy atom. The summed E-state index contributed by atoms with van der Waals surface area (Å²) in [7, 11) is -0.540. The summed E-state index contributed by atoms with van der Waals surface area (Å²) in [5, 5.41) is 0. The van der Waals surface area contributed by atoms with Gasteiger partial charge in [0.25, 0.3) is 0 Å². The lowest BCUT2D eigenvalue weighted by Gasteiger charge is -2.08. The first-order valence-corrected chi connectivity index (χ1v) is 6.81. The summed E-state index contributed by atoms with van der Waals surface area (Å²) in [4.78, 5) is 0. The van der Waals surface area contributed by atoms with Gasteiger partial charge in [0.05, 0.1) is 15.5 Å². The van der Waals surface area contributed by atoms with Crippen molar-refractivity contribution in [2.24, 2.45) is 10.1 Å². The molecule has 0 aromatic heterocycles.